The van der Waals surface area contributed by atoms with E-state index in [1.54, 1.807) is 35.6 Å². The lowest BCUT2D eigenvalue weighted by Gasteiger charge is -2.06. The molecule has 2 aromatic rings. The van der Waals surface area contributed by atoms with Crippen LogP contribution in [0.2, 0.25) is 5.02 Å². The lowest BCUT2D eigenvalue weighted by atomic mass is 10.3. The molecule has 6 heteroatoms. The first-order valence-corrected chi connectivity index (χ1v) is 7.47. The number of nitrogens with zero attached hydrogens (tertiary/aromatic N) is 1. The first kappa shape index (κ1) is 14.8. The fourth-order valence-electron chi connectivity index (χ4n) is 1.64. The van der Waals surface area contributed by atoms with Crippen molar-refractivity contribution in [1.29, 1.82) is 0 Å². The molecule has 2 amide bonds. The number of hydrogen-bond acceptors (Lipinski definition) is 3. The average Bonchev–Trinajstić information content (AvgIpc) is 2.71. The molecule has 0 spiro atoms. The van der Waals surface area contributed by atoms with Gasteiger partial charge in [0.2, 0.25) is 0 Å². The van der Waals surface area contributed by atoms with Crippen LogP contribution >= 0.6 is 22.9 Å². The predicted octanol–water partition coefficient (Wildman–Crippen LogP) is 3.78. The Hall–Kier alpha value is -1.59. The first-order chi connectivity index (χ1) is 9.54. The van der Waals surface area contributed by atoms with Gasteiger partial charge in [-0.25, -0.2) is 9.78 Å². The van der Waals surface area contributed by atoms with Crippen molar-refractivity contribution >= 4 is 34.7 Å². The van der Waals surface area contributed by atoms with Crippen LogP contribution in [0.3, 0.4) is 0 Å². The highest BCUT2D eigenvalue weighted by molar-refractivity contribution is 7.11. The Morgan fingerprint density at radius 2 is 2.00 bits per heavy atom. The second-order valence-corrected chi connectivity index (χ2v) is 6.11. The summed E-state index contributed by atoms with van der Waals surface area (Å²) in [6, 6.07) is 6.76. The molecule has 2 N–H and O–H groups in total. The van der Waals surface area contributed by atoms with Crippen LogP contribution in [0.1, 0.15) is 15.6 Å². The van der Waals surface area contributed by atoms with E-state index in [9.17, 15) is 4.79 Å². The number of anilines is 1. The summed E-state index contributed by atoms with van der Waals surface area (Å²) in [7, 11) is 0. The molecule has 0 bridgehead atoms. The Morgan fingerprint density at radius 3 is 2.60 bits per heavy atom. The molecule has 4 nitrogen and oxygen atoms in total. The van der Waals surface area contributed by atoms with Gasteiger partial charge < -0.3 is 10.6 Å². The van der Waals surface area contributed by atoms with Crippen LogP contribution in [-0.2, 0) is 6.42 Å². The predicted molar refractivity (Wildman–Crippen MR) is 83.8 cm³/mol. The lowest BCUT2D eigenvalue weighted by molar-refractivity contribution is 0.252. The third kappa shape index (κ3) is 4.21. The number of rotatable bonds is 4. The highest BCUT2D eigenvalue weighted by Gasteiger charge is 2.05. The van der Waals surface area contributed by atoms with Crippen LogP contribution in [0.15, 0.2) is 24.3 Å². The molecule has 2 rings (SSSR count). The Morgan fingerprint density at radius 1 is 1.30 bits per heavy atom. The number of aryl methyl sites for hydroxylation is 2. The molecule has 0 aliphatic heterocycles. The third-order valence-electron chi connectivity index (χ3n) is 2.80. The van der Waals surface area contributed by atoms with Crippen molar-refractivity contribution in [2.75, 3.05) is 11.9 Å². The van der Waals surface area contributed by atoms with E-state index in [1.165, 1.54) is 4.88 Å². The standard InChI is InChI=1S/C14H16ClN3OS/c1-9-10(2)20-13(17-9)7-8-16-14(19)18-12-5-3-11(15)4-6-12/h3-6H,7-8H2,1-2H3,(H2,16,18,19). The minimum Gasteiger partial charge on any atom is -0.337 e. The van der Waals surface area contributed by atoms with Gasteiger partial charge in [0, 0.05) is 28.6 Å². The van der Waals surface area contributed by atoms with E-state index in [2.05, 4.69) is 22.5 Å². The summed E-state index contributed by atoms with van der Waals surface area (Å²) < 4.78 is 0. The van der Waals surface area contributed by atoms with Gasteiger partial charge in [-0.05, 0) is 38.1 Å². The molecule has 1 heterocycles. The van der Waals surface area contributed by atoms with Crippen molar-refractivity contribution < 1.29 is 4.79 Å². The van der Waals surface area contributed by atoms with Crippen molar-refractivity contribution in [2.24, 2.45) is 0 Å². The maximum Gasteiger partial charge on any atom is 0.319 e. The molecular weight excluding hydrogens is 294 g/mol. The van der Waals surface area contributed by atoms with Crippen molar-refractivity contribution in [3.05, 3.63) is 44.9 Å². The molecule has 0 aliphatic rings. The minimum atomic E-state index is -0.225. The van der Waals surface area contributed by atoms with Gasteiger partial charge in [-0.2, -0.15) is 0 Å². The maximum absolute atomic E-state index is 11.7. The summed E-state index contributed by atoms with van der Waals surface area (Å²) in [5.41, 5.74) is 1.78. The minimum absolute atomic E-state index is 0.225. The van der Waals surface area contributed by atoms with E-state index in [1.807, 2.05) is 6.92 Å². The number of halogens is 1. The zero-order valence-electron chi connectivity index (χ0n) is 11.4. The molecule has 1 aromatic heterocycles. The average molecular weight is 310 g/mol. The summed E-state index contributed by atoms with van der Waals surface area (Å²) in [6.45, 7) is 4.61. The van der Waals surface area contributed by atoms with E-state index in [4.69, 9.17) is 11.6 Å². The highest BCUT2D eigenvalue weighted by Crippen LogP contribution is 2.16. The van der Waals surface area contributed by atoms with Gasteiger partial charge in [-0.1, -0.05) is 11.6 Å². The lowest BCUT2D eigenvalue weighted by Crippen LogP contribution is -2.30. The van der Waals surface area contributed by atoms with Gasteiger partial charge in [-0.15, -0.1) is 11.3 Å². The fourth-order valence-corrected chi connectivity index (χ4v) is 2.70. The van der Waals surface area contributed by atoms with Crippen molar-refractivity contribution in [2.45, 2.75) is 20.3 Å². The summed E-state index contributed by atoms with van der Waals surface area (Å²) in [6.07, 6.45) is 0.743. The van der Waals surface area contributed by atoms with Crippen LogP contribution in [0.5, 0.6) is 0 Å². The van der Waals surface area contributed by atoms with Crippen LogP contribution in [0, 0.1) is 13.8 Å². The number of nitrogens with one attached hydrogen (secondary N) is 2. The van der Waals surface area contributed by atoms with Gasteiger partial charge in [0.1, 0.15) is 0 Å². The SMILES string of the molecule is Cc1nc(CCNC(=O)Nc2ccc(Cl)cc2)sc1C. The number of carbonyl (C=O) groups is 1. The molecule has 1 aromatic carbocycles. The first-order valence-electron chi connectivity index (χ1n) is 6.28. The molecule has 0 saturated carbocycles. The Labute approximate surface area is 127 Å². The van der Waals surface area contributed by atoms with Crippen LogP contribution < -0.4 is 10.6 Å². The van der Waals surface area contributed by atoms with E-state index >= 15 is 0 Å². The molecule has 20 heavy (non-hydrogen) atoms. The molecule has 0 radical (unpaired) electrons. The largest absolute Gasteiger partial charge is 0.337 e. The van der Waals surface area contributed by atoms with E-state index < -0.39 is 0 Å². The summed E-state index contributed by atoms with van der Waals surface area (Å²) in [5.74, 6) is 0. The van der Waals surface area contributed by atoms with Crippen LogP contribution in [0.25, 0.3) is 0 Å². The normalized spacial score (nSPS) is 10.3. The fraction of sp³-hybridized carbons (Fsp3) is 0.286. The molecular formula is C14H16ClN3OS. The van der Waals surface area contributed by atoms with Crippen molar-refractivity contribution in [3.63, 3.8) is 0 Å². The number of thiazole rings is 1. The quantitative estimate of drug-likeness (QED) is 0.903. The summed E-state index contributed by atoms with van der Waals surface area (Å²) in [4.78, 5) is 17.3. The summed E-state index contributed by atoms with van der Waals surface area (Å²) in [5, 5.41) is 7.24. The number of carbonyl (C=O) groups excluding carboxylic acids is 1. The maximum atomic E-state index is 11.7. The van der Waals surface area contributed by atoms with E-state index in [-0.39, 0.29) is 6.03 Å². The molecule has 106 valence electrons. The molecule has 0 fully saturated rings. The smallest absolute Gasteiger partial charge is 0.319 e. The number of hydrogen-bond donors (Lipinski definition) is 2. The van der Waals surface area contributed by atoms with Gasteiger partial charge in [0.05, 0.1) is 10.7 Å². The second-order valence-electron chi connectivity index (χ2n) is 4.39. The topological polar surface area (TPSA) is 54.0 Å². The number of aromatic nitrogens is 1. The Kier molecular flexibility index (Phi) is 4.98. The van der Waals surface area contributed by atoms with Crippen molar-refractivity contribution in [1.82, 2.24) is 10.3 Å². The Bertz CT molecular complexity index is 575. The van der Waals surface area contributed by atoms with Gasteiger partial charge in [0.15, 0.2) is 0 Å². The Balaban J connectivity index is 1.76. The van der Waals surface area contributed by atoms with E-state index in [0.717, 1.165) is 17.1 Å². The zero-order valence-corrected chi connectivity index (χ0v) is 12.9. The number of benzene rings is 1. The second kappa shape index (κ2) is 6.72. The molecule has 0 unspecified atom stereocenters. The molecule has 0 atom stereocenters. The summed E-state index contributed by atoms with van der Waals surface area (Å²) >= 11 is 7.45. The van der Waals surface area contributed by atoms with Gasteiger partial charge >= 0.3 is 6.03 Å². The monoisotopic (exact) mass is 309 g/mol. The van der Waals surface area contributed by atoms with E-state index in [0.29, 0.717) is 17.3 Å². The highest BCUT2D eigenvalue weighted by atomic mass is 35.5. The van der Waals surface area contributed by atoms with Crippen LogP contribution in [-0.4, -0.2) is 17.6 Å². The molecule has 0 saturated heterocycles. The molecule has 0 aliphatic carbocycles. The zero-order chi connectivity index (χ0) is 14.5. The number of amides is 2. The van der Waals surface area contributed by atoms with Crippen molar-refractivity contribution in [3.8, 4) is 0 Å². The van der Waals surface area contributed by atoms with Gasteiger partial charge in [-0.3, -0.25) is 0 Å². The number of urea groups is 1. The van der Waals surface area contributed by atoms with Crippen LogP contribution in [0.4, 0.5) is 10.5 Å². The third-order valence-corrected chi connectivity index (χ3v) is 4.18. The van der Waals surface area contributed by atoms with Gasteiger partial charge in [0.25, 0.3) is 0 Å².